The third kappa shape index (κ3) is 2.92. The topological polar surface area (TPSA) is 96.5 Å². The SMILES string of the molecule is Cc1nc(C(=O)Nc2cnc(-c3ccccc3)nc2)n[nH]1. The molecule has 0 fully saturated rings. The van der Waals surface area contributed by atoms with Crippen molar-refractivity contribution in [2.75, 3.05) is 5.32 Å². The molecule has 7 heteroatoms. The second-order valence-corrected chi connectivity index (χ2v) is 4.36. The third-order valence-corrected chi connectivity index (χ3v) is 2.74. The van der Waals surface area contributed by atoms with Crippen molar-refractivity contribution in [3.63, 3.8) is 0 Å². The summed E-state index contributed by atoms with van der Waals surface area (Å²) in [4.78, 5) is 24.3. The van der Waals surface area contributed by atoms with Crippen LogP contribution in [0.5, 0.6) is 0 Å². The number of amides is 1. The summed E-state index contributed by atoms with van der Waals surface area (Å²) in [7, 11) is 0. The van der Waals surface area contributed by atoms with Crippen molar-refractivity contribution in [3.8, 4) is 11.4 Å². The number of hydrogen-bond donors (Lipinski definition) is 2. The van der Waals surface area contributed by atoms with Crippen LogP contribution < -0.4 is 5.32 Å². The van der Waals surface area contributed by atoms with Crippen molar-refractivity contribution >= 4 is 11.6 Å². The number of aromatic amines is 1. The first-order valence-electron chi connectivity index (χ1n) is 6.30. The molecule has 0 aliphatic rings. The zero-order valence-electron chi connectivity index (χ0n) is 11.2. The molecule has 2 aromatic heterocycles. The maximum Gasteiger partial charge on any atom is 0.295 e. The minimum absolute atomic E-state index is 0.0830. The summed E-state index contributed by atoms with van der Waals surface area (Å²) >= 11 is 0. The molecule has 0 aliphatic heterocycles. The van der Waals surface area contributed by atoms with Crippen LogP contribution in [0.2, 0.25) is 0 Å². The van der Waals surface area contributed by atoms with E-state index >= 15 is 0 Å². The van der Waals surface area contributed by atoms with Crippen LogP contribution in [0.25, 0.3) is 11.4 Å². The lowest BCUT2D eigenvalue weighted by molar-refractivity contribution is 0.101. The van der Waals surface area contributed by atoms with Gasteiger partial charge in [-0.15, -0.1) is 5.10 Å². The number of nitrogens with zero attached hydrogens (tertiary/aromatic N) is 4. The second-order valence-electron chi connectivity index (χ2n) is 4.36. The first kappa shape index (κ1) is 12.9. The molecular weight excluding hydrogens is 268 g/mol. The zero-order valence-corrected chi connectivity index (χ0v) is 11.2. The molecule has 0 spiro atoms. The van der Waals surface area contributed by atoms with Gasteiger partial charge in [0, 0.05) is 5.56 Å². The highest BCUT2D eigenvalue weighted by Crippen LogP contribution is 2.14. The molecule has 0 radical (unpaired) electrons. The van der Waals surface area contributed by atoms with Crippen molar-refractivity contribution in [2.45, 2.75) is 6.92 Å². The lowest BCUT2D eigenvalue weighted by atomic mass is 10.2. The Labute approximate surface area is 120 Å². The standard InChI is InChI=1S/C14H12N6O/c1-9-17-13(20-19-9)14(21)18-11-7-15-12(16-8-11)10-5-3-2-4-6-10/h2-8H,1H3,(H,18,21)(H,17,19,20). The Kier molecular flexibility index (Phi) is 3.38. The third-order valence-electron chi connectivity index (χ3n) is 2.74. The summed E-state index contributed by atoms with van der Waals surface area (Å²) in [6, 6.07) is 9.60. The van der Waals surface area contributed by atoms with Crippen LogP contribution >= 0.6 is 0 Å². The largest absolute Gasteiger partial charge is 0.317 e. The maximum atomic E-state index is 11.9. The van der Waals surface area contributed by atoms with Gasteiger partial charge in [-0.2, -0.15) is 0 Å². The van der Waals surface area contributed by atoms with E-state index < -0.39 is 5.91 Å². The summed E-state index contributed by atoms with van der Waals surface area (Å²) in [5.74, 6) is 0.855. The molecule has 0 aliphatic carbocycles. The lowest BCUT2D eigenvalue weighted by Gasteiger charge is -2.03. The molecule has 0 saturated carbocycles. The Morgan fingerprint density at radius 1 is 1.14 bits per heavy atom. The fourth-order valence-corrected chi connectivity index (χ4v) is 1.76. The quantitative estimate of drug-likeness (QED) is 0.762. The summed E-state index contributed by atoms with van der Waals surface area (Å²) < 4.78 is 0. The summed E-state index contributed by atoms with van der Waals surface area (Å²) in [5, 5.41) is 9.04. The first-order valence-corrected chi connectivity index (χ1v) is 6.30. The Bertz CT molecular complexity index is 751. The lowest BCUT2D eigenvalue weighted by Crippen LogP contribution is -2.14. The number of carbonyl (C=O) groups is 1. The molecule has 7 nitrogen and oxygen atoms in total. The Hall–Kier alpha value is -3.09. The van der Waals surface area contributed by atoms with Crippen LogP contribution in [0.3, 0.4) is 0 Å². The molecule has 21 heavy (non-hydrogen) atoms. The molecule has 0 bridgehead atoms. The average Bonchev–Trinajstić information content (AvgIpc) is 2.96. The number of rotatable bonds is 3. The average molecular weight is 280 g/mol. The Morgan fingerprint density at radius 3 is 2.48 bits per heavy atom. The van der Waals surface area contributed by atoms with E-state index in [4.69, 9.17) is 0 Å². The van der Waals surface area contributed by atoms with Crippen molar-refractivity contribution in [3.05, 3.63) is 54.4 Å². The molecule has 0 atom stereocenters. The van der Waals surface area contributed by atoms with E-state index in [1.54, 1.807) is 19.3 Å². The monoisotopic (exact) mass is 280 g/mol. The first-order chi connectivity index (χ1) is 10.2. The maximum absolute atomic E-state index is 11.9. The van der Waals surface area contributed by atoms with Gasteiger partial charge < -0.3 is 5.32 Å². The van der Waals surface area contributed by atoms with E-state index in [1.807, 2.05) is 30.3 Å². The molecular formula is C14H12N6O. The van der Waals surface area contributed by atoms with Crippen LogP contribution in [-0.4, -0.2) is 31.1 Å². The van der Waals surface area contributed by atoms with Crippen LogP contribution in [0.15, 0.2) is 42.7 Å². The van der Waals surface area contributed by atoms with Crippen molar-refractivity contribution in [1.29, 1.82) is 0 Å². The van der Waals surface area contributed by atoms with Gasteiger partial charge in [-0.3, -0.25) is 9.89 Å². The molecule has 2 N–H and O–H groups in total. The number of anilines is 1. The summed E-state index contributed by atoms with van der Waals surface area (Å²) in [6.07, 6.45) is 3.10. The minimum atomic E-state index is -0.407. The number of aromatic nitrogens is 5. The van der Waals surface area contributed by atoms with Gasteiger partial charge in [0.05, 0.1) is 18.1 Å². The van der Waals surface area contributed by atoms with Crippen LogP contribution in [0.4, 0.5) is 5.69 Å². The van der Waals surface area contributed by atoms with Gasteiger partial charge in [-0.25, -0.2) is 15.0 Å². The molecule has 3 aromatic rings. The van der Waals surface area contributed by atoms with Crippen LogP contribution in [-0.2, 0) is 0 Å². The van der Waals surface area contributed by atoms with E-state index in [0.717, 1.165) is 5.56 Å². The molecule has 2 heterocycles. The van der Waals surface area contributed by atoms with Gasteiger partial charge in [0.1, 0.15) is 5.82 Å². The highest BCUT2D eigenvalue weighted by Gasteiger charge is 2.11. The zero-order chi connectivity index (χ0) is 14.7. The predicted molar refractivity (Wildman–Crippen MR) is 76.5 cm³/mol. The molecule has 104 valence electrons. The van der Waals surface area contributed by atoms with Crippen molar-refractivity contribution < 1.29 is 4.79 Å². The fourth-order valence-electron chi connectivity index (χ4n) is 1.76. The second kappa shape index (κ2) is 5.49. The number of hydrogen-bond acceptors (Lipinski definition) is 5. The number of carbonyl (C=O) groups excluding carboxylic acids is 1. The normalized spacial score (nSPS) is 10.3. The number of nitrogens with one attached hydrogen (secondary N) is 2. The Balaban J connectivity index is 1.74. The van der Waals surface area contributed by atoms with Gasteiger partial charge in [0.2, 0.25) is 5.82 Å². The molecule has 3 rings (SSSR count). The number of H-pyrrole nitrogens is 1. The van der Waals surface area contributed by atoms with Crippen molar-refractivity contribution in [2.24, 2.45) is 0 Å². The highest BCUT2D eigenvalue weighted by molar-refractivity contribution is 6.01. The fraction of sp³-hybridized carbons (Fsp3) is 0.0714. The predicted octanol–water partition coefficient (Wildman–Crippen LogP) is 1.82. The molecule has 1 aromatic carbocycles. The van der Waals surface area contributed by atoms with E-state index in [-0.39, 0.29) is 5.82 Å². The molecule has 0 unspecified atom stereocenters. The van der Waals surface area contributed by atoms with Crippen molar-refractivity contribution in [1.82, 2.24) is 25.1 Å². The van der Waals surface area contributed by atoms with Gasteiger partial charge in [-0.1, -0.05) is 30.3 Å². The smallest absolute Gasteiger partial charge is 0.295 e. The van der Waals surface area contributed by atoms with E-state index in [1.165, 1.54) is 0 Å². The van der Waals surface area contributed by atoms with Gasteiger partial charge in [0.15, 0.2) is 5.82 Å². The summed E-state index contributed by atoms with van der Waals surface area (Å²) in [5.41, 5.74) is 1.40. The van der Waals surface area contributed by atoms with E-state index in [9.17, 15) is 4.79 Å². The van der Waals surface area contributed by atoms with Crippen LogP contribution in [0.1, 0.15) is 16.4 Å². The highest BCUT2D eigenvalue weighted by atomic mass is 16.2. The number of benzene rings is 1. The minimum Gasteiger partial charge on any atom is -0.317 e. The number of aryl methyl sites for hydroxylation is 1. The Morgan fingerprint density at radius 2 is 1.86 bits per heavy atom. The van der Waals surface area contributed by atoms with Crippen LogP contribution in [0, 0.1) is 6.92 Å². The molecule has 0 saturated heterocycles. The van der Waals surface area contributed by atoms with E-state index in [2.05, 4.69) is 30.5 Å². The van der Waals surface area contributed by atoms with Gasteiger partial charge in [-0.05, 0) is 6.92 Å². The summed E-state index contributed by atoms with van der Waals surface area (Å²) in [6.45, 7) is 1.72. The molecule has 1 amide bonds. The van der Waals surface area contributed by atoms with Gasteiger partial charge in [0.25, 0.3) is 5.91 Å². The van der Waals surface area contributed by atoms with Gasteiger partial charge >= 0.3 is 0 Å². The van der Waals surface area contributed by atoms with E-state index in [0.29, 0.717) is 17.3 Å².